The van der Waals surface area contributed by atoms with E-state index in [-0.39, 0.29) is 24.4 Å². The van der Waals surface area contributed by atoms with Crippen LogP contribution in [-0.4, -0.2) is 123 Å². The molecule has 2 fully saturated rings. The summed E-state index contributed by atoms with van der Waals surface area (Å²) in [5.74, 6) is 0. The van der Waals surface area contributed by atoms with Crippen LogP contribution in [0.15, 0.2) is 0 Å². The zero-order chi connectivity index (χ0) is 21.9. The van der Waals surface area contributed by atoms with Crippen molar-refractivity contribution in [3.05, 3.63) is 0 Å². The first kappa shape index (κ1) is 24.6. The molecule has 174 valence electrons. The van der Waals surface area contributed by atoms with Crippen LogP contribution in [0.4, 0.5) is 9.59 Å². The minimum atomic E-state index is -0.380. The average Bonchev–Trinajstić information content (AvgIpc) is 3.15. The Balaban J connectivity index is 2.26. The van der Waals surface area contributed by atoms with E-state index in [0.29, 0.717) is 79.0 Å². The summed E-state index contributed by atoms with van der Waals surface area (Å²) in [6.45, 7) is 13.4. The van der Waals surface area contributed by atoms with Gasteiger partial charge in [0.05, 0.1) is 26.4 Å². The van der Waals surface area contributed by atoms with Crippen LogP contribution < -0.4 is 0 Å². The number of hydrogen-bond donors (Lipinski definition) is 0. The molecule has 0 aromatic heterocycles. The summed E-state index contributed by atoms with van der Waals surface area (Å²) in [7, 11) is 0. The molecule has 10 heteroatoms. The van der Waals surface area contributed by atoms with Gasteiger partial charge in [0.15, 0.2) is 0 Å². The summed E-state index contributed by atoms with van der Waals surface area (Å²) >= 11 is 0. The van der Waals surface area contributed by atoms with Crippen molar-refractivity contribution in [1.82, 2.24) is 19.6 Å². The number of carbonyl (C=O) groups is 2. The Morgan fingerprint density at radius 2 is 0.767 bits per heavy atom. The molecule has 2 aliphatic heterocycles. The van der Waals surface area contributed by atoms with Crippen molar-refractivity contribution in [2.75, 3.05) is 79.0 Å². The number of fused-ring (bicyclic) bond motifs is 1. The highest BCUT2D eigenvalue weighted by Crippen LogP contribution is 2.34. The highest BCUT2D eigenvalue weighted by molar-refractivity contribution is 5.85. The van der Waals surface area contributed by atoms with Gasteiger partial charge in [-0.05, 0) is 27.7 Å². The number of amides is 4. The van der Waals surface area contributed by atoms with Crippen LogP contribution >= 0.6 is 0 Å². The van der Waals surface area contributed by atoms with E-state index in [1.807, 2.05) is 27.7 Å². The smallest absolute Gasteiger partial charge is 0.323 e. The summed E-state index contributed by atoms with van der Waals surface area (Å²) in [5.41, 5.74) is 0. The topological polar surface area (TPSA) is 84.0 Å². The molecule has 2 heterocycles. The minimum absolute atomic E-state index is 0.0975. The summed E-state index contributed by atoms with van der Waals surface area (Å²) < 4.78 is 22.0. The van der Waals surface area contributed by atoms with Crippen molar-refractivity contribution < 1.29 is 28.5 Å². The number of urea groups is 2. The standard InChI is InChI=1S/C20H38N4O6/c1-5-27-13-9-21-17-18(23(19(21)25)11-15-29-7-3)24(12-16-30-8-4)20(26)22(17)10-14-28-6-2/h17-18H,5-16H2,1-4H3. The summed E-state index contributed by atoms with van der Waals surface area (Å²) in [4.78, 5) is 33.5. The molecular weight excluding hydrogens is 392 g/mol. The van der Waals surface area contributed by atoms with Gasteiger partial charge in [-0.3, -0.25) is 19.6 Å². The van der Waals surface area contributed by atoms with Crippen molar-refractivity contribution in [2.24, 2.45) is 0 Å². The van der Waals surface area contributed by atoms with Gasteiger partial charge >= 0.3 is 12.1 Å². The van der Waals surface area contributed by atoms with Crippen LogP contribution in [0.2, 0.25) is 0 Å². The Morgan fingerprint density at radius 1 is 0.533 bits per heavy atom. The molecule has 4 amide bonds. The Kier molecular flexibility index (Phi) is 10.6. The molecule has 0 aromatic rings. The number of nitrogens with zero attached hydrogens (tertiary/aromatic N) is 4. The molecule has 0 spiro atoms. The highest BCUT2D eigenvalue weighted by atomic mass is 16.5. The predicted octanol–water partition coefficient (Wildman–Crippen LogP) is 1.26. The SMILES string of the molecule is CCOCCN1C(=O)N(CCOCC)C2C1N(CCOCC)C(=O)N2CCOCC. The van der Waals surface area contributed by atoms with Crippen LogP contribution in [0.1, 0.15) is 27.7 Å². The molecule has 0 unspecified atom stereocenters. The first-order chi connectivity index (χ1) is 14.6. The number of rotatable bonds is 16. The molecule has 2 saturated heterocycles. The van der Waals surface area contributed by atoms with Gasteiger partial charge in [0.1, 0.15) is 12.3 Å². The van der Waals surface area contributed by atoms with Gasteiger partial charge in [-0.25, -0.2) is 9.59 Å². The molecule has 0 bridgehead atoms. The molecule has 0 radical (unpaired) electrons. The Hall–Kier alpha value is -1.62. The fourth-order valence-corrected chi connectivity index (χ4v) is 3.90. The van der Waals surface area contributed by atoms with E-state index in [0.717, 1.165) is 0 Å². The molecule has 0 aliphatic carbocycles. The van der Waals surface area contributed by atoms with E-state index < -0.39 is 0 Å². The van der Waals surface area contributed by atoms with Gasteiger partial charge in [-0.1, -0.05) is 0 Å². The van der Waals surface area contributed by atoms with Crippen LogP contribution in [0.5, 0.6) is 0 Å². The molecule has 2 rings (SSSR count). The molecule has 0 saturated carbocycles. The normalized spacial score (nSPS) is 21.3. The van der Waals surface area contributed by atoms with Crippen LogP contribution in [0, 0.1) is 0 Å². The fourth-order valence-electron chi connectivity index (χ4n) is 3.90. The van der Waals surface area contributed by atoms with E-state index in [1.165, 1.54) is 0 Å². The lowest BCUT2D eigenvalue weighted by atomic mass is 10.3. The second kappa shape index (κ2) is 12.9. The third-order valence-corrected chi connectivity index (χ3v) is 5.25. The molecule has 0 atom stereocenters. The molecular formula is C20H38N4O6. The predicted molar refractivity (Wildman–Crippen MR) is 111 cm³/mol. The summed E-state index contributed by atoms with van der Waals surface area (Å²) in [6.07, 6.45) is -0.761. The van der Waals surface area contributed by atoms with Crippen LogP contribution in [0.3, 0.4) is 0 Å². The summed E-state index contributed by atoms with van der Waals surface area (Å²) in [5, 5.41) is 0. The van der Waals surface area contributed by atoms with E-state index in [1.54, 1.807) is 19.6 Å². The zero-order valence-electron chi connectivity index (χ0n) is 18.9. The second-order valence-electron chi connectivity index (χ2n) is 6.95. The second-order valence-corrected chi connectivity index (χ2v) is 6.95. The Morgan fingerprint density at radius 3 is 0.967 bits per heavy atom. The lowest BCUT2D eigenvalue weighted by Crippen LogP contribution is -2.49. The number of hydrogen-bond acceptors (Lipinski definition) is 6. The zero-order valence-corrected chi connectivity index (χ0v) is 18.9. The molecule has 10 nitrogen and oxygen atoms in total. The van der Waals surface area contributed by atoms with E-state index in [9.17, 15) is 9.59 Å². The van der Waals surface area contributed by atoms with Gasteiger partial charge < -0.3 is 18.9 Å². The summed E-state index contributed by atoms with van der Waals surface area (Å²) in [6, 6.07) is -0.195. The van der Waals surface area contributed by atoms with Gasteiger partial charge in [0.2, 0.25) is 0 Å². The molecule has 0 aromatic carbocycles. The first-order valence-corrected chi connectivity index (χ1v) is 11.1. The molecule has 2 aliphatic rings. The first-order valence-electron chi connectivity index (χ1n) is 11.1. The molecule has 30 heavy (non-hydrogen) atoms. The van der Waals surface area contributed by atoms with Crippen molar-refractivity contribution in [2.45, 2.75) is 40.0 Å². The quantitative estimate of drug-likeness (QED) is 0.343. The van der Waals surface area contributed by atoms with E-state index >= 15 is 0 Å². The van der Waals surface area contributed by atoms with Crippen LogP contribution in [0.25, 0.3) is 0 Å². The highest BCUT2D eigenvalue weighted by Gasteiger charge is 2.58. The van der Waals surface area contributed by atoms with E-state index in [2.05, 4.69) is 0 Å². The lowest BCUT2D eigenvalue weighted by Gasteiger charge is -2.30. The maximum Gasteiger partial charge on any atom is 0.323 e. The maximum absolute atomic E-state index is 13.3. The van der Waals surface area contributed by atoms with Crippen molar-refractivity contribution in [3.8, 4) is 0 Å². The Bertz CT molecular complexity index is 451. The molecule has 0 N–H and O–H groups in total. The van der Waals surface area contributed by atoms with Crippen molar-refractivity contribution in [1.29, 1.82) is 0 Å². The monoisotopic (exact) mass is 430 g/mol. The Labute approximate surface area is 179 Å². The van der Waals surface area contributed by atoms with Crippen LogP contribution in [-0.2, 0) is 18.9 Å². The maximum atomic E-state index is 13.3. The third kappa shape index (κ3) is 5.75. The number of ether oxygens (including phenoxy) is 4. The van der Waals surface area contributed by atoms with Crippen molar-refractivity contribution >= 4 is 12.1 Å². The van der Waals surface area contributed by atoms with Gasteiger partial charge in [0.25, 0.3) is 0 Å². The third-order valence-electron chi connectivity index (χ3n) is 5.25. The lowest BCUT2D eigenvalue weighted by molar-refractivity contribution is 0.0576. The van der Waals surface area contributed by atoms with Gasteiger partial charge in [-0.2, -0.15) is 0 Å². The number of carbonyl (C=O) groups excluding carboxylic acids is 2. The fraction of sp³-hybridized carbons (Fsp3) is 0.900. The van der Waals surface area contributed by atoms with Gasteiger partial charge in [-0.15, -0.1) is 0 Å². The average molecular weight is 431 g/mol. The van der Waals surface area contributed by atoms with E-state index in [4.69, 9.17) is 18.9 Å². The minimum Gasteiger partial charge on any atom is -0.380 e. The van der Waals surface area contributed by atoms with Crippen molar-refractivity contribution in [3.63, 3.8) is 0 Å². The van der Waals surface area contributed by atoms with Gasteiger partial charge in [0, 0.05) is 52.6 Å². The largest absolute Gasteiger partial charge is 0.380 e.